The molecule has 1 N–H and O–H groups in total. The Morgan fingerprint density at radius 3 is 2.85 bits per heavy atom. The Morgan fingerprint density at radius 2 is 2.15 bits per heavy atom. The van der Waals surface area contributed by atoms with Crippen molar-refractivity contribution in [3.63, 3.8) is 0 Å². The zero-order chi connectivity index (χ0) is 9.42. The van der Waals surface area contributed by atoms with Crippen molar-refractivity contribution in [3.8, 4) is 0 Å². The standard InChI is InChI=1S/C9H9NO3/c11-8-3-1-2-6-4-5-7(9(12)13)10(6)8/h4-5H,1-3H2,(H,12,13). The monoisotopic (exact) mass is 179 g/mol. The lowest BCUT2D eigenvalue weighted by Crippen LogP contribution is -2.22. The average molecular weight is 179 g/mol. The van der Waals surface area contributed by atoms with Gasteiger partial charge in [-0.15, -0.1) is 0 Å². The molecule has 0 saturated carbocycles. The van der Waals surface area contributed by atoms with Crippen LogP contribution in [0.2, 0.25) is 0 Å². The van der Waals surface area contributed by atoms with Crippen LogP contribution < -0.4 is 0 Å². The molecule has 0 spiro atoms. The number of aromatic nitrogens is 1. The van der Waals surface area contributed by atoms with Gasteiger partial charge in [0.05, 0.1) is 0 Å². The van der Waals surface area contributed by atoms with Crippen LogP contribution in [0, 0.1) is 0 Å². The van der Waals surface area contributed by atoms with E-state index in [1.54, 1.807) is 6.07 Å². The van der Waals surface area contributed by atoms with E-state index in [0.29, 0.717) is 6.42 Å². The second-order valence-corrected chi connectivity index (χ2v) is 3.10. The van der Waals surface area contributed by atoms with Crippen LogP contribution in [-0.2, 0) is 6.42 Å². The molecule has 1 aliphatic heterocycles. The van der Waals surface area contributed by atoms with E-state index in [2.05, 4.69) is 0 Å². The molecule has 13 heavy (non-hydrogen) atoms. The van der Waals surface area contributed by atoms with E-state index in [0.717, 1.165) is 18.5 Å². The molecule has 1 aromatic rings. The van der Waals surface area contributed by atoms with Gasteiger partial charge in [-0.2, -0.15) is 0 Å². The topological polar surface area (TPSA) is 59.3 Å². The third kappa shape index (κ3) is 1.14. The van der Waals surface area contributed by atoms with Gasteiger partial charge in [0, 0.05) is 12.1 Å². The molecule has 68 valence electrons. The van der Waals surface area contributed by atoms with E-state index >= 15 is 0 Å². The van der Waals surface area contributed by atoms with Crippen LogP contribution in [0.15, 0.2) is 12.1 Å². The first-order chi connectivity index (χ1) is 6.20. The molecule has 1 aromatic heterocycles. The minimum absolute atomic E-state index is 0.0831. The average Bonchev–Trinajstić information content (AvgIpc) is 2.49. The van der Waals surface area contributed by atoms with Crippen LogP contribution in [-0.4, -0.2) is 21.6 Å². The molecule has 0 unspecified atom stereocenters. The van der Waals surface area contributed by atoms with Crippen LogP contribution in [0.4, 0.5) is 0 Å². The SMILES string of the molecule is O=C(O)c1ccc2n1C(=O)CCC2. The maximum absolute atomic E-state index is 11.4. The van der Waals surface area contributed by atoms with Gasteiger partial charge >= 0.3 is 5.97 Å². The normalized spacial score (nSPS) is 15.5. The van der Waals surface area contributed by atoms with Gasteiger partial charge in [-0.1, -0.05) is 0 Å². The van der Waals surface area contributed by atoms with Gasteiger partial charge in [-0.25, -0.2) is 4.79 Å². The van der Waals surface area contributed by atoms with Gasteiger partial charge < -0.3 is 5.11 Å². The van der Waals surface area contributed by atoms with Gasteiger partial charge in [-0.05, 0) is 25.0 Å². The van der Waals surface area contributed by atoms with Crippen molar-refractivity contribution in [1.82, 2.24) is 4.57 Å². The van der Waals surface area contributed by atoms with Gasteiger partial charge in [-0.3, -0.25) is 9.36 Å². The summed E-state index contributed by atoms with van der Waals surface area (Å²) in [6.45, 7) is 0. The highest BCUT2D eigenvalue weighted by atomic mass is 16.4. The first-order valence-electron chi connectivity index (χ1n) is 4.17. The fourth-order valence-corrected chi connectivity index (χ4v) is 1.67. The van der Waals surface area contributed by atoms with Crippen LogP contribution >= 0.6 is 0 Å². The Morgan fingerprint density at radius 1 is 1.38 bits per heavy atom. The predicted octanol–water partition coefficient (Wildman–Crippen LogP) is 1.16. The Hall–Kier alpha value is -1.58. The largest absolute Gasteiger partial charge is 0.477 e. The zero-order valence-electron chi connectivity index (χ0n) is 6.99. The molecule has 0 bridgehead atoms. The van der Waals surface area contributed by atoms with Crippen molar-refractivity contribution < 1.29 is 14.7 Å². The molecular weight excluding hydrogens is 170 g/mol. The van der Waals surface area contributed by atoms with E-state index in [1.165, 1.54) is 10.6 Å². The second-order valence-electron chi connectivity index (χ2n) is 3.10. The number of fused-ring (bicyclic) bond motifs is 1. The van der Waals surface area contributed by atoms with Crippen molar-refractivity contribution in [3.05, 3.63) is 23.5 Å². The summed E-state index contributed by atoms with van der Waals surface area (Å²) in [7, 11) is 0. The summed E-state index contributed by atoms with van der Waals surface area (Å²) in [5.41, 5.74) is 0.897. The molecule has 2 rings (SSSR count). The van der Waals surface area contributed by atoms with Crippen molar-refractivity contribution in [2.45, 2.75) is 19.3 Å². The summed E-state index contributed by atoms with van der Waals surface area (Å²) in [4.78, 5) is 22.1. The molecule has 0 aromatic carbocycles. The van der Waals surface area contributed by atoms with Crippen molar-refractivity contribution in [1.29, 1.82) is 0 Å². The highest BCUT2D eigenvalue weighted by Crippen LogP contribution is 2.18. The number of carbonyl (C=O) groups excluding carboxylic acids is 1. The minimum Gasteiger partial charge on any atom is -0.477 e. The van der Waals surface area contributed by atoms with Crippen molar-refractivity contribution in [2.75, 3.05) is 0 Å². The Balaban J connectivity index is 2.56. The smallest absolute Gasteiger partial charge is 0.352 e. The number of aryl methyl sites for hydroxylation is 1. The summed E-state index contributed by atoms with van der Waals surface area (Å²) >= 11 is 0. The van der Waals surface area contributed by atoms with Gasteiger partial charge in [0.25, 0.3) is 0 Å². The molecule has 0 amide bonds. The molecule has 0 fully saturated rings. The second kappa shape index (κ2) is 2.73. The number of nitrogens with zero attached hydrogens (tertiary/aromatic N) is 1. The molecule has 1 aliphatic rings. The molecule has 0 aliphatic carbocycles. The fraction of sp³-hybridized carbons (Fsp3) is 0.333. The summed E-state index contributed by atoms with van der Waals surface area (Å²) in [5.74, 6) is -1.15. The quantitative estimate of drug-likeness (QED) is 0.703. The van der Waals surface area contributed by atoms with Gasteiger partial charge in [0.1, 0.15) is 5.69 Å². The lowest BCUT2D eigenvalue weighted by molar-refractivity contribution is 0.0669. The molecule has 0 saturated heterocycles. The van der Waals surface area contributed by atoms with E-state index in [4.69, 9.17) is 5.11 Å². The minimum atomic E-state index is -1.04. The van der Waals surface area contributed by atoms with Crippen LogP contribution in [0.25, 0.3) is 0 Å². The molecule has 0 atom stereocenters. The summed E-state index contributed by atoms with van der Waals surface area (Å²) < 4.78 is 1.31. The number of hydrogen-bond acceptors (Lipinski definition) is 2. The lowest BCUT2D eigenvalue weighted by atomic mass is 10.1. The van der Waals surface area contributed by atoms with Crippen molar-refractivity contribution >= 4 is 11.9 Å². The van der Waals surface area contributed by atoms with Crippen LogP contribution in [0.5, 0.6) is 0 Å². The summed E-state index contributed by atoms with van der Waals surface area (Å²) in [5, 5.41) is 8.77. The Labute approximate surface area is 74.8 Å². The number of hydrogen-bond donors (Lipinski definition) is 1. The lowest BCUT2D eigenvalue weighted by Gasteiger charge is -2.14. The molecular formula is C9H9NO3. The molecule has 2 heterocycles. The maximum Gasteiger partial charge on any atom is 0.352 e. The van der Waals surface area contributed by atoms with E-state index in [9.17, 15) is 9.59 Å². The molecule has 0 radical (unpaired) electrons. The highest BCUT2D eigenvalue weighted by molar-refractivity contribution is 5.93. The maximum atomic E-state index is 11.4. The van der Waals surface area contributed by atoms with E-state index < -0.39 is 5.97 Å². The number of rotatable bonds is 1. The van der Waals surface area contributed by atoms with E-state index in [-0.39, 0.29) is 11.6 Å². The van der Waals surface area contributed by atoms with Gasteiger partial charge in [0.15, 0.2) is 0 Å². The number of carbonyl (C=O) groups is 2. The summed E-state index contributed by atoms with van der Waals surface area (Å²) in [6.07, 6.45) is 2.06. The highest BCUT2D eigenvalue weighted by Gasteiger charge is 2.22. The fourth-order valence-electron chi connectivity index (χ4n) is 1.67. The van der Waals surface area contributed by atoms with Crippen LogP contribution in [0.1, 0.15) is 33.8 Å². The Kier molecular flexibility index (Phi) is 1.69. The predicted molar refractivity (Wildman–Crippen MR) is 45.0 cm³/mol. The van der Waals surface area contributed by atoms with Crippen LogP contribution in [0.3, 0.4) is 0 Å². The summed E-state index contributed by atoms with van der Waals surface area (Å²) in [6, 6.07) is 3.20. The third-order valence-electron chi connectivity index (χ3n) is 2.25. The molecule has 4 nitrogen and oxygen atoms in total. The third-order valence-corrected chi connectivity index (χ3v) is 2.25. The van der Waals surface area contributed by atoms with E-state index in [1.807, 2.05) is 0 Å². The number of carboxylic acid groups (broad SMARTS) is 1. The number of aromatic carboxylic acids is 1. The molecule has 4 heteroatoms. The Bertz CT molecular complexity index is 378. The zero-order valence-corrected chi connectivity index (χ0v) is 6.99. The van der Waals surface area contributed by atoms with Crippen molar-refractivity contribution in [2.24, 2.45) is 0 Å². The first kappa shape index (κ1) is 8.04. The van der Waals surface area contributed by atoms with Gasteiger partial charge in [0.2, 0.25) is 5.91 Å². The number of carboxylic acids is 1. The first-order valence-corrected chi connectivity index (χ1v) is 4.17.